The van der Waals surface area contributed by atoms with Crippen LogP contribution in [0.25, 0.3) is 10.9 Å². The van der Waals surface area contributed by atoms with Gasteiger partial charge in [0.25, 0.3) is 0 Å². The Labute approximate surface area is 138 Å². The van der Waals surface area contributed by atoms with E-state index in [0.717, 1.165) is 16.5 Å². The number of aromatic nitrogens is 3. The van der Waals surface area contributed by atoms with E-state index in [1.54, 1.807) is 11.2 Å². The van der Waals surface area contributed by atoms with E-state index in [1.165, 1.54) is 12.9 Å². The Hall–Kier alpha value is -2.54. The molecule has 8 nitrogen and oxygen atoms in total. The quantitative estimate of drug-likeness (QED) is 0.614. The van der Waals surface area contributed by atoms with Crippen molar-refractivity contribution in [3.05, 3.63) is 48.3 Å². The Kier molecular flexibility index (Phi) is 3.45. The summed E-state index contributed by atoms with van der Waals surface area (Å²) in [5, 5.41) is 2.80. The summed E-state index contributed by atoms with van der Waals surface area (Å²) in [6.45, 7) is 1.77. The first-order valence-electron chi connectivity index (χ1n) is 7.31. The molecule has 0 aliphatic carbocycles. The first kappa shape index (κ1) is 15.0. The Morgan fingerprint density at radius 3 is 3.00 bits per heavy atom. The summed E-state index contributed by atoms with van der Waals surface area (Å²) in [5.41, 5.74) is 7.94. The van der Waals surface area contributed by atoms with Crippen LogP contribution in [0.1, 0.15) is 5.56 Å². The third-order valence-electron chi connectivity index (χ3n) is 3.74. The summed E-state index contributed by atoms with van der Waals surface area (Å²) >= 11 is 0. The molecule has 9 heteroatoms. The maximum atomic E-state index is 11.8. The molecule has 122 valence electrons. The van der Waals surface area contributed by atoms with E-state index < -0.39 is 7.37 Å². The van der Waals surface area contributed by atoms with Crippen LogP contribution < -0.4 is 21.4 Å². The highest BCUT2D eigenvalue weighted by atomic mass is 31.2. The normalized spacial score (nSPS) is 15.8. The van der Waals surface area contributed by atoms with E-state index in [9.17, 15) is 9.46 Å². The standard InChI is InChI=1S/C15H15N6O2P/c1-24(22,23)13-8-17-14-15(18-13)21(20-19-14)9-10-4-5-12-11(7-10)3-2-6-16-12/h2-8,20H,9H2,1H3,(H,17,19)(H,22,23). The summed E-state index contributed by atoms with van der Waals surface area (Å²) in [5.74, 6) is 1.02. The summed E-state index contributed by atoms with van der Waals surface area (Å²) < 4.78 is 11.8. The van der Waals surface area contributed by atoms with Crippen molar-refractivity contribution in [2.45, 2.75) is 6.54 Å². The van der Waals surface area contributed by atoms with Crippen LogP contribution in [0.3, 0.4) is 0 Å². The lowest BCUT2D eigenvalue weighted by Gasteiger charge is -2.17. The number of nitrogens with zero attached hydrogens (tertiary/aromatic N) is 4. The molecule has 1 aliphatic rings. The fourth-order valence-corrected chi connectivity index (χ4v) is 3.09. The molecule has 0 bridgehead atoms. The first-order chi connectivity index (χ1) is 11.5. The highest BCUT2D eigenvalue weighted by Gasteiger charge is 2.26. The molecule has 1 aromatic carbocycles. The van der Waals surface area contributed by atoms with Gasteiger partial charge in [0, 0.05) is 18.2 Å². The van der Waals surface area contributed by atoms with Crippen LogP contribution in [0.5, 0.6) is 0 Å². The molecular formula is C15H15N6O2P. The van der Waals surface area contributed by atoms with Crippen molar-refractivity contribution < 1.29 is 9.46 Å². The Morgan fingerprint density at radius 1 is 1.29 bits per heavy atom. The molecule has 1 atom stereocenters. The minimum atomic E-state index is -3.46. The third-order valence-corrected chi connectivity index (χ3v) is 4.81. The number of pyridine rings is 1. The largest absolute Gasteiger partial charge is 0.340 e. The maximum absolute atomic E-state index is 11.8. The zero-order chi connectivity index (χ0) is 16.7. The van der Waals surface area contributed by atoms with Crippen LogP contribution in [0.2, 0.25) is 0 Å². The van der Waals surface area contributed by atoms with E-state index in [0.29, 0.717) is 18.2 Å². The number of anilines is 2. The minimum Gasteiger partial charge on any atom is -0.340 e. The van der Waals surface area contributed by atoms with Gasteiger partial charge >= 0.3 is 0 Å². The Balaban J connectivity index is 1.66. The lowest BCUT2D eigenvalue weighted by atomic mass is 10.1. The fraction of sp³-hybridized carbons (Fsp3) is 0.133. The minimum absolute atomic E-state index is 0.0828. The number of nitrogens with one attached hydrogen (secondary N) is 2. The number of fused-ring (bicyclic) bond motifs is 2. The lowest BCUT2D eigenvalue weighted by Crippen LogP contribution is -2.36. The van der Waals surface area contributed by atoms with Crippen molar-refractivity contribution in [2.75, 3.05) is 17.1 Å². The van der Waals surface area contributed by atoms with Crippen molar-refractivity contribution >= 4 is 35.3 Å². The molecule has 2 aromatic heterocycles. The van der Waals surface area contributed by atoms with Gasteiger partial charge in [-0.15, -0.1) is 5.53 Å². The summed E-state index contributed by atoms with van der Waals surface area (Å²) in [6.07, 6.45) is 3.08. The van der Waals surface area contributed by atoms with E-state index in [1.807, 2.05) is 24.3 Å². The van der Waals surface area contributed by atoms with Crippen molar-refractivity contribution in [2.24, 2.45) is 0 Å². The van der Waals surface area contributed by atoms with Gasteiger partial charge in [0.1, 0.15) is 5.44 Å². The molecule has 0 saturated heterocycles. The summed E-state index contributed by atoms with van der Waals surface area (Å²) in [6, 6.07) is 9.91. The third kappa shape index (κ3) is 2.71. The van der Waals surface area contributed by atoms with Gasteiger partial charge in [0.2, 0.25) is 7.37 Å². The van der Waals surface area contributed by atoms with Gasteiger partial charge in [-0.3, -0.25) is 20.0 Å². The number of hydrazine groups is 2. The van der Waals surface area contributed by atoms with E-state index >= 15 is 0 Å². The highest BCUT2D eigenvalue weighted by Crippen LogP contribution is 2.35. The fourth-order valence-electron chi connectivity index (χ4n) is 2.54. The van der Waals surface area contributed by atoms with Crippen molar-refractivity contribution in [3.8, 4) is 0 Å². The zero-order valence-corrected chi connectivity index (χ0v) is 13.7. The van der Waals surface area contributed by atoms with Crippen LogP contribution in [0.15, 0.2) is 42.7 Å². The molecular weight excluding hydrogens is 327 g/mol. The maximum Gasteiger partial charge on any atom is 0.246 e. The number of benzene rings is 1. The number of rotatable bonds is 3. The van der Waals surface area contributed by atoms with Gasteiger partial charge in [0.15, 0.2) is 11.6 Å². The monoisotopic (exact) mass is 342 g/mol. The van der Waals surface area contributed by atoms with Crippen LogP contribution in [-0.4, -0.2) is 26.5 Å². The van der Waals surface area contributed by atoms with E-state index in [2.05, 4.69) is 32.0 Å². The van der Waals surface area contributed by atoms with E-state index in [4.69, 9.17) is 0 Å². The van der Waals surface area contributed by atoms with Gasteiger partial charge < -0.3 is 4.89 Å². The predicted molar refractivity (Wildman–Crippen MR) is 92.1 cm³/mol. The van der Waals surface area contributed by atoms with Gasteiger partial charge in [-0.1, -0.05) is 12.1 Å². The molecule has 3 heterocycles. The lowest BCUT2D eigenvalue weighted by molar-refractivity contribution is 0.495. The molecule has 0 saturated carbocycles. The van der Waals surface area contributed by atoms with E-state index in [-0.39, 0.29) is 5.44 Å². The van der Waals surface area contributed by atoms with Gasteiger partial charge in [-0.25, -0.2) is 9.97 Å². The molecule has 4 rings (SSSR count). The topological polar surface area (TPSA) is 103 Å². The van der Waals surface area contributed by atoms with Crippen molar-refractivity contribution in [3.63, 3.8) is 0 Å². The molecule has 24 heavy (non-hydrogen) atoms. The molecule has 3 N–H and O–H groups in total. The number of hydrogen-bond acceptors (Lipinski definition) is 7. The van der Waals surface area contributed by atoms with Crippen LogP contribution in [0, 0.1) is 0 Å². The van der Waals surface area contributed by atoms with Crippen LogP contribution >= 0.6 is 7.37 Å². The average Bonchev–Trinajstić information content (AvgIpc) is 2.96. The second-order valence-electron chi connectivity index (χ2n) is 5.63. The predicted octanol–water partition coefficient (Wildman–Crippen LogP) is 1.40. The molecule has 0 amide bonds. The Morgan fingerprint density at radius 2 is 2.17 bits per heavy atom. The van der Waals surface area contributed by atoms with Crippen LogP contribution in [0.4, 0.5) is 11.6 Å². The molecule has 0 spiro atoms. The van der Waals surface area contributed by atoms with Gasteiger partial charge in [-0.05, 0) is 23.8 Å². The summed E-state index contributed by atoms with van der Waals surface area (Å²) in [4.78, 5) is 22.4. The van der Waals surface area contributed by atoms with Crippen molar-refractivity contribution in [1.82, 2.24) is 20.5 Å². The Bertz CT molecular complexity index is 973. The van der Waals surface area contributed by atoms with Crippen LogP contribution in [-0.2, 0) is 11.1 Å². The zero-order valence-electron chi connectivity index (χ0n) is 12.8. The first-order valence-corrected chi connectivity index (χ1v) is 9.42. The second kappa shape index (κ2) is 5.52. The molecule has 1 unspecified atom stereocenters. The average molecular weight is 342 g/mol. The number of hydrogen-bond donors (Lipinski definition) is 3. The van der Waals surface area contributed by atoms with Gasteiger partial charge in [0.05, 0.1) is 18.3 Å². The second-order valence-corrected chi connectivity index (χ2v) is 7.85. The van der Waals surface area contributed by atoms with Gasteiger partial charge in [-0.2, -0.15) is 0 Å². The van der Waals surface area contributed by atoms with Crippen molar-refractivity contribution in [1.29, 1.82) is 0 Å². The smallest absolute Gasteiger partial charge is 0.246 e. The SMILES string of the molecule is CP(=O)(O)c1cnc2c(n1)N(Cc1ccc3ncccc3c1)NN2. The molecule has 0 radical (unpaired) electrons. The highest BCUT2D eigenvalue weighted by molar-refractivity contribution is 7.65. The summed E-state index contributed by atoms with van der Waals surface area (Å²) in [7, 11) is -3.46. The molecule has 0 fully saturated rings. The molecule has 3 aromatic rings. The molecule has 1 aliphatic heterocycles.